The molecule has 0 aromatic carbocycles. The zero-order valence-electron chi connectivity index (χ0n) is 8.85. The molecule has 15 heavy (non-hydrogen) atoms. The third-order valence-electron chi connectivity index (χ3n) is 2.86. The van der Waals surface area contributed by atoms with Crippen molar-refractivity contribution in [3.63, 3.8) is 0 Å². The van der Waals surface area contributed by atoms with Crippen LogP contribution in [0.3, 0.4) is 0 Å². The van der Waals surface area contributed by atoms with Gasteiger partial charge in [-0.15, -0.1) is 0 Å². The number of halogens is 3. The molecule has 1 aliphatic heterocycles. The SMILES string of the molecule is CCC(CN)N1CC=C(C(F)(F)F)CC1. The molecule has 1 atom stereocenters. The Morgan fingerprint density at radius 3 is 2.53 bits per heavy atom. The molecule has 0 fully saturated rings. The molecule has 0 aliphatic carbocycles. The Labute approximate surface area is 87.9 Å². The van der Waals surface area contributed by atoms with Crippen molar-refractivity contribution in [2.45, 2.75) is 32.0 Å². The lowest BCUT2D eigenvalue weighted by molar-refractivity contribution is -0.0963. The van der Waals surface area contributed by atoms with Crippen LogP contribution in [0.1, 0.15) is 19.8 Å². The van der Waals surface area contributed by atoms with Crippen molar-refractivity contribution in [1.29, 1.82) is 0 Å². The third kappa shape index (κ3) is 3.21. The molecule has 0 aromatic rings. The largest absolute Gasteiger partial charge is 0.412 e. The molecule has 1 rings (SSSR count). The van der Waals surface area contributed by atoms with E-state index in [0.717, 1.165) is 6.42 Å². The summed E-state index contributed by atoms with van der Waals surface area (Å²) in [6.45, 7) is 3.33. The summed E-state index contributed by atoms with van der Waals surface area (Å²) in [7, 11) is 0. The van der Waals surface area contributed by atoms with E-state index in [9.17, 15) is 13.2 Å². The first-order valence-electron chi connectivity index (χ1n) is 5.19. The molecule has 0 saturated heterocycles. The van der Waals surface area contributed by atoms with Crippen LogP contribution < -0.4 is 5.73 Å². The monoisotopic (exact) mass is 222 g/mol. The molecule has 0 radical (unpaired) electrons. The second kappa shape index (κ2) is 4.99. The number of hydrogen-bond donors (Lipinski definition) is 1. The number of rotatable bonds is 3. The number of alkyl halides is 3. The molecule has 0 amide bonds. The molecule has 2 N–H and O–H groups in total. The van der Waals surface area contributed by atoms with E-state index in [-0.39, 0.29) is 12.5 Å². The smallest absolute Gasteiger partial charge is 0.329 e. The van der Waals surface area contributed by atoms with Gasteiger partial charge in [0.2, 0.25) is 0 Å². The van der Waals surface area contributed by atoms with Gasteiger partial charge in [0.15, 0.2) is 0 Å². The summed E-state index contributed by atoms with van der Waals surface area (Å²) in [5.74, 6) is 0. The highest BCUT2D eigenvalue weighted by Gasteiger charge is 2.35. The van der Waals surface area contributed by atoms with Gasteiger partial charge in [-0.05, 0) is 12.8 Å². The topological polar surface area (TPSA) is 29.3 Å². The summed E-state index contributed by atoms with van der Waals surface area (Å²) in [5.41, 5.74) is 5.15. The van der Waals surface area contributed by atoms with Crippen LogP contribution in [-0.4, -0.2) is 36.8 Å². The zero-order valence-corrected chi connectivity index (χ0v) is 8.85. The van der Waals surface area contributed by atoms with E-state index < -0.39 is 11.7 Å². The van der Waals surface area contributed by atoms with E-state index in [1.54, 1.807) is 0 Å². The fourth-order valence-electron chi connectivity index (χ4n) is 1.85. The van der Waals surface area contributed by atoms with Crippen molar-refractivity contribution < 1.29 is 13.2 Å². The predicted octanol–water partition coefficient (Wildman–Crippen LogP) is 1.92. The van der Waals surface area contributed by atoms with Crippen molar-refractivity contribution in [3.8, 4) is 0 Å². The molecule has 1 unspecified atom stereocenters. The fourth-order valence-corrected chi connectivity index (χ4v) is 1.85. The quantitative estimate of drug-likeness (QED) is 0.739. The number of nitrogens with two attached hydrogens (primary N) is 1. The van der Waals surface area contributed by atoms with Crippen molar-refractivity contribution >= 4 is 0 Å². The first-order valence-corrected chi connectivity index (χ1v) is 5.19. The molecule has 2 nitrogen and oxygen atoms in total. The molecule has 1 heterocycles. The van der Waals surface area contributed by atoms with Crippen LogP contribution >= 0.6 is 0 Å². The van der Waals surface area contributed by atoms with E-state index in [1.165, 1.54) is 6.08 Å². The van der Waals surface area contributed by atoms with Crippen LogP contribution in [0.2, 0.25) is 0 Å². The van der Waals surface area contributed by atoms with Gasteiger partial charge in [0.25, 0.3) is 0 Å². The first kappa shape index (κ1) is 12.5. The summed E-state index contributed by atoms with van der Waals surface area (Å²) in [4.78, 5) is 2.01. The Kier molecular flexibility index (Phi) is 4.16. The first-order chi connectivity index (χ1) is 6.99. The third-order valence-corrected chi connectivity index (χ3v) is 2.86. The van der Waals surface area contributed by atoms with Gasteiger partial charge in [-0.3, -0.25) is 4.90 Å². The number of hydrogen-bond acceptors (Lipinski definition) is 2. The van der Waals surface area contributed by atoms with Crippen molar-refractivity contribution in [1.82, 2.24) is 4.90 Å². The van der Waals surface area contributed by atoms with Gasteiger partial charge < -0.3 is 5.73 Å². The maximum Gasteiger partial charge on any atom is 0.412 e. The lowest BCUT2D eigenvalue weighted by atomic mass is 10.0. The second-order valence-corrected chi connectivity index (χ2v) is 3.77. The molecule has 5 heteroatoms. The summed E-state index contributed by atoms with van der Waals surface area (Å²) in [5, 5.41) is 0. The van der Waals surface area contributed by atoms with E-state index in [1.807, 2.05) is 11.8 Å². The Bertz CT molecular complexity index is 231. The minimum atomic E-state index is -4.16. The lowest BCUT2D eigenvalue weighted by Gasteiger charge is -2.33. The highest BCUT2D eigenvalue weighted by molar-refractivity contribution is 5.13. The Morgan fingerprint density at radius 1 is 1.53 bits per heavy atom. The maximum absolute atomic E-state index is 12.3. The molecule has 88 valence electrons. The van der Waals surface area contributed by atoms with Crippen LogP contribution in [-0.2, 0) is 0 Å². The van der Waals surface area contributed by atoms with Gasteiger partial charge in [0, 0.05) is 31.2 Å². The Hall–Kier alpha value is -0.550. The van der Waals surface area contributed by atoms with E-state index >= 15 is 0 Å². The highest BCUT2D eigenvalue weighted by atomic mass is 19.4. The Morgan fingerprint density at radius 2 is 2.20 bits per heavy atom. The van der Waals surface area contributed by atoms with Crippen LogP contribution in [0.4, 0.5) is 13.2 Å². The van der Waals surface area contributed by atoms with Crippen LogP contribution in [0.15, 0.2) is 11.6 Å². The van der Waals surface area contributed by atoms with Gasteiger partial charge in [0.05, 0.1) is 0 Å². The van der Waals surface area contributed by atoms with E-state index in [4.69, 9.17) is 5.73 Å². The molecule has 0 bridgehead atoms. The molecule has 0 spiro atoms. The summed E-state index contributed by atoms with van der Waals surface area (Å²) in [6.07, 6.45) is -1.91. The average Bonchev–Trinajstić information content (AvgIpc) is 2.19. The minimum Gasteiger partial charge on any atom is -0.329 e. The summed E-state index contributed by atoms with van der Waals surface area (Å²) < 4.78 is 37.0. The van der Waals surface area contributed by atoms with E-state index in [0.29, 0.717) is 19.6 Å². The van der Waals surface area contributed by atoms with Crippen molar-refractivity contribution in [3.05, 3.63) is 11.6 Å². The van der Waals surface area contributed by atoms with Crippen molar-refractivity contribution in [2.75, 3.05) is 19.6 Å². The standard InChI is InChI=1S/C10H17F3N2/c1-2-9(7-14)15-5-3-8(4-6-15)10(11,12)13/h3,9H,2,4-7,14H2,1H3. The normalized spacial score (nSPS) is 21.3. The van der Waals surface area contributed by atoms with Crippen LogP contribution in [0.25, 0.3) is 0 Å². The van der Waals surface area contributed by atoms with Gasteiger partial charge in [0.1, 0.15) is 0 Å². The maximum atomic E-state index is 12.3. The fraction of sp³-hybridized carbons (Fsp3) is 0.800. The molecular formula is C10H17F3N2. The van der Waals surface area contributed by atoms with Gasteiger partial charge in [-0.25, -0.2) is 0 Å². The molecule has 1 aliphatic rings. The summed E-state index contributed by atoms with van der Waals surface area (Å²) >= 11 is 0. The molecule has 0 aromatic heterocycles. The summed E-state index contributed by atoms with van der Waals surface area (Å²) in [6, 6.07) is 0.205. The van der Waals surface area contributed by atoms with Gasteiger partial charge >= 0.3 is 6.18 Å². The second-order valence-electron chi connectivity index (χ2n) is 3.77. The minimum absolute atomic E-state index is 0.0833. The van der Waals surface area contributed by atoms with E-state index in [2.05, 4.69) is 0 Å². The average molecular weight is 222 g/mol. The van der Waals surface area contributed by atoms with Crippen LogP contribution in [0.5, 0.6) is 0 Å². The van der Waals surface area contributed by atoms with Crippen molar-refractivity contribution in [2.24, 2.45) is 5.73 Å². The predicted molar refractivity (Wildman–Crippen MR) is 53.5 cm³/mol. The van der Waals surface area contributed by atoms with Crippen LogP contribution in [0, 0.1) is 0 Å². The Balaban J connectivity index is 2.57. The highest BCUT2D eigenvalue weighted by Crippen LogP contribution is 2.30. The van der Waals surface area contributed by atoms with Gasteiger partial charge in [-0.2, -0.15) is 13.2 Å². The number of nitrogens with zero attached hydrogens (tertiary/aromatic N) is 1. The zero-order chi connectivity index (χ0) is 11.5. The van der Waals surface area contributed by atoms with Gasteiger partial charge in [-0.1, -0.05) is 13.0 Å². The molecule has 0 saturated carbocycles. The molecular weight excluding hydrogens is 205 g/mol. The lowest BCUT2D eigenvalue weighted by Crippen LogP contribution is -2.43.